The number of aryl methyl sites for hydroxylation is 1. The van der Waals surface area contributed by atoms with E-state index in [0.29, 0.717) is 11.1 Å². The van der Waals surface area contributed by atoms with E-state index in [2.05, 4.69) is 0 Å². The molecule has 3 rings (SSSR count). The lowest BCUT2D eigenvalue weighted by molar-refractivity contribution is 0.488. The maximum atomic E-state index is 11.7. The molecule has 2 heteroatoms. The molecule has 2 nitrogen and oxygen atoms in total. The van der Waals surface area contributed by atoms with Crippen LogP contribution in [0, 0.1) is 6.92 Å². The van der Waals surface area contributed by atoms with Gasteiger partial charge in [-0.2, -0.15) is 0 Å². The van der Waals surface area contributed by atoms with Crippen LogP contribution in [-0.2, 0) is 0 Å². The van der Waals surface area contributed by atoms with Crippen molar-refractivity contribution in [2.45, 2.75) is 6.92 Å². The fourth-order valence-corrected chi connectivity index (χ4v) is 2.06. The summed E-state index contributed by atoms with van der Waals surface area (Å²) in [6, 6.07) is 13.7. The van der Waals surface area contributed by atoms with Crippen molar-refractivity contribution in [3.05, 3.63) is 58.6 Å². The highest BCUT2D eigenvalue weighted by Crippen LogP contribution is 2.23. The predicted octanol–water partition coefficient (Wildman–Crippen LogP) is 3.25. The highest BCUT2D eigenvalue weighted by atomic mass is 16.4. The largest absolute Gasteiger partial charge is 0.428 e. The van der Waals surface area contributed by atoms with Crippen molar-refractivity contribution in [3.63, 3.8) is 0 Å². The third kappa shape index (κ3) is 1.23. The fourth-order valence-electron chi connectivity index (χ4n) is 2.06. The summed E-state index contributed by atoms with van der Waals surface area (Å²) in [5.41, 5.74) is -0.263. The molecular weight excluding hydrogens is 200 g/mol. The summed E-state index contributed by atoms with van der Waals surface area (Å²) < 4.78 is 5.08. The summed E-state index contributed by atoms with van der Waals surface area (Å²) >= 11 is 0. The van der Waals surface area contributed by atoms with Crippen molar-refractivity contribution in [1.82, 2.24) is 0 Å². The fraction of sp³-hybridized carbons (Fsp3) is 0.0714. The molecule has 0 aliphatic heterocycles. The molecule has 0 fully saturated rings. The molecule has 0 amide bonds. The van der Waals surface area contributed by atoms with Crippen molar-refractivity contribution < 1.29 is 4.42 Å². The third-order valence-electron chi connectivity index (χ3n) is 2.79. The third-order valence-corrected chi connectivity index (χ3v) is 2.79. The Morgan fingerprint density at radius 1 is 0.938 bits per heavy atom. The lowest BCUT2D eigenvalue weighted by Gasteiger charge is -2.03. The Labute approximate surface area is 92.1 Å². The van der Waals surface area contributed by atoms with Gasteiger partial charge in [-0.05, 0) is 29.8 Å². The first kappa shape index (κ1) is 9.16. The maximum Gasteiger partial charge on any atom is 0.343 e. The van der Waals surface area contributed by atoms with Gasteiger partial charge in [-0.3, -0.25) is 0 Å². The van der Waals surface area contributed by atoms with E-state index in [-0.39, 0.29) is 5.63 Å². The van der Waals surface area contributed by atoms with Crippen molar-refractivity contribution >= 4 is 21.5 Å². The molecule has 0 unspecified atom stereocenters. The molecule has 0 spiro atoms. The molecular formula is C14H10O2. The van der Waals surface area contributed by atoms with Gasteiger partial charge in [-0.25, -0.2) is 4.79 Å². The Hall–Kier alpha value is -2.09. The summed E-state index contributed by atoms with van der Waals surface area (Å²) in [5.74, 6) is 0.647. The number of hydrogen-bond acceptors (Lipinski definition) is 2. The normalized spacial score (nSPS) is 11.1. The standard InChI is InChI=1S/C14H10O2/c1-9-8-13-11-5-3-2-4-10(11)6-7-12(13)14(15)16-9/h2-8H,1H3. The Bertz CT molecular complexity index is 738. The van der Waals surface area contributed by atoms with Gasteiger partial charge in [0.1, 0.15) is 5.76 Å². The van der Waals surface area contributed by atoms with Crippen LogP contribution in [-0.4, -0.2) is 0 Å². The monoisotopic (exact) mass is 210 g/mol. The molecule has 0 aliphatic carbocycles. The lowest BCUT2D eigenvalue weighted by Crippen LogP contribution is -2.00. The van der Waals surface area contributed by atoms with Gasteiger partial charge in [0.05, 0.1) is 5.39 Å². The molecule has 16 heavy (non-hydrogen) atoms. The average Bonchev–Trinajstić information content (AvgIpc) is 2.28. The number of benzene rings is 2. The molecule has 1 heterocycles. The van der Waals surface area contributed by atoms with Crippen LogP contribution in [0.4, 0.5) is 0 Å². The topological polar surface area (TPSA) is 30.2 Å². The second-order valence-corrected chi connectivity index (χ2v) is 3.89. The van der Waals surface area contributed by atoms with Gasteiger partial charge in [0.2, 0.25) is 0 Å². The summed E-state index contributed by atoms with van der Waals surface area (Å²) in [5, 5.41) is 3.84. The first-order chi connectivity index (χ1) is 7.75. The zero-order valence-corrected chi connectivity index (χ0v) is 8.86. The molecule has 1 aromatic heterocycles. The molecule has 0 N–H and O–H groups in total. The van der Waals surface area contributed by atoms with Crippen molar-refractivity contribution in [1.29, 1.82) is 0 Å². The molecule has 0 aliphatic rings. The second-order valence-electron chi connectivity index (χ2n) is 3.89. The zero-order valence-electron chi connectivity index (χ0n) is 8.86. The van der Waals surface area contributed by atoms with E-state index in [4.69, 9.17) is 4.42 Å². The van der Waals surface area contributed by atoms with Gasteiger partial charge in [0.15, 0.2) is 0 Å². The highest BCUT2D eigenvalue weighted by molar-refractivity contribution is 6.06. The van der Waals surface area contributed by atoms with Gasteiger partial charge in [0, 0.05) is 5.39 Å². The molecule has 78 valence electrons. The lowest BCUT2D eigenvalue weighted by atomic mass is 10.0. The van der Waals surface area contributed by atoms with Gasteiger partial charge < -0.3 is 4.42 Å². The molecule has 0 saturated carbocycles. The van der Waals surface area contributed by atoms with Crippen LogP contribution in [0.15, 0.2) is 51.7 Å². The minimum atomic E-state index is -0.263. The van der Waals surface area contributed by atoms with Gasteiger partial charge in [-0.1, -0.05) is 30.3 Å². The maximum absolute atomic E-state index is 11.7. The van der Waals surface area contributed by atoms with Gasteiger partial charge in [0.25, 0.3) is 0 Å². The SMILES string of the molecule is Cc1cc2c(ccc3ccccc32)c(=O)o1. The first-order valence-corrected chi connectivity index (χ1v) is 5.18. The predicted molar refractivity (Wildman–Crippen MR) is 64.7 cm³/mol. The zero-order chi connectivity index (χ0) is 11.1. The van der Waals surface area contributed by atoms with E-state index < -0.39 is 0 Å². The molecule has 0 bridgehead atoms. The van der Waals surface area contributed by atoms with Crippen molar-refractivity contribution in [2.75, 3.05) is 0 Å². The van der Waals surface area contributed by atoms with E-state index in [9.17, 15) is 4.79 Å². The van der Waals surface area contributed by atoms with Crippen LogP contribution >= 0.6 is 0 Å². The smallest absolute Gasteiger partial charge is 0.343 e. The summed E-state index contributed by atoms with van der Waals surface area (Å²) in [6.45, 7) is 1.79. The molecule has 2 aromatic carbocycles. The van der Waals surface area contributed by atoms with Crippen molar-refractivity contribution in [3.8, 4) is 0 Å². The minimum Gasteiger partial charge on any atom is -0.428 e. The molecule has 0 radical (unpaired) electrons. The van der Waals surface area contributed by atoms with Crippen molar-refractivity contribution in [2.24, 2.45) is 0 Å². The number of hydrogen-bond donors (Lipinski definition) is 0. The van der Waals surface area contributed by atoms with Gasteiger partial charge >= 0.3 is 5.63 Å². The first-order valence-electron chi connectivity index (χ1n) is 5.18. The number of fused-ring (bicyclic) bond motifs is 3. The molecule has 0 saturated heterocycles. The van der Waals surface area contributed by atoms with Crippen LogP contribution in [0.25, 0.3) is 21.5 Å². The van der Waals surface area contributed by atoms with E-state index in [1.54, 1.807) is 6.92 Å². The van der Waals surface area contributed by atoms with Gasteiger partial charge in [-0.15, -0.1) is 0 Å². The summed E-state index contributed by atoms with van der Waals surface area (Å²) in [6.07, 6.45) is 0. The quantitative estimate of drug-likeness (QED) is 0.533. The second kappa shape index (κ2) is 3.20. The Morgan fingerprint density at radius 3 is 2.62 bits per heavy atom. The molecule has 3 aromatic rings. The number of rotatable bonds is 0. The van der Waals surface area contributed by atoms with Crippen LogP contribution in [0.2, 0.25) is 0 Å². The summed E-state index contributed by atoms with van der Waals surface area (Å²) in [4.78, 5) is 11.7. The van der Waals surface area contributed by atoms with Crippen LogP contribution < -0.4 is 5.63 Å². The van der Waals surface area contributed by atoms with E-state index >= 15 is 0 Å². The Kier molecular flexibility index (Phi) is 1.83. The minimum absolute atomic E-state index is 0.263. The van der Waals surface area contributed by atoms with Crippen LogP contribution in [0.1, 0.15) is 5.76 Å². The van der Waals surface area contributed by atoms with E-state index in [1.165, 1.54) is 0 Å². The highest BCUT2D eigenvalue weighted by Gasteiger charge is 2.05. The Morgan fingerprint density at radius 2 is 1.75 bits per heavy atom. The molecule has 0 atom stereocenters. The average molecular weight is 210 g/mol. The van der Waals surface area contributed by atoms with Crippen LogP contribution in [0.5, 0.6) is 0 Å². The Balaban J connectivity index is 2.65. The van der Waals surface area contributed by atoms with E-state index in [1.807, 2.05) is 42.5 Å². The summed E-state index contributed by atoms with van der Waals surface area (Å²) in [7, 11) is 0. The van der Waals surface area contributed by atoms with Crippen LogP contribution in [0.3, 0.4) is 0 Å². The van der Waals surface area contributed by atoms with E-state index in [0.717, 1.165) is 16.2 Å².